The van der Waals surface area contributed by atoms with Crippen LogP contribution in [0.3, 0.4) is 0 Å². The summed E-state index contributed by atoms with van der Waals surface area (Å²) in [5.41, 5.74) is 3.44. The van der Waals surface area contributed by atoms with Crippen LogP contribution in [0.25, 0.3) is 0 Å². The van der Waals surface area contributed by atoms with E-state index in [4.69, 9.17) is 9.88 Å². The highest BCUT2D eigenvalue weighted by Gasteiger charge is 2.32. The Hall–Kier alpha value is -2.16. The van der Waals surface area contributed by atoms with Gasteiger partial charge in [-0.1, -0.05) is 0 Å². The van der Waals surface area contributed by atoms with Crippen molar-refractivity contribution in [1.82, 2.24) is 14.3 Å². The Balaban J connectivity index is 1.18. The maximum absolute atomic E-state index is 6.26. The molecular formula is C21H23N5OS2. The first-order valence-corrected chi connectivity index (χ1v) is 11.7. The Morgan fingerprint density at radius 1 is 1.03 bits per heavy atom. The Morgan fingerprint density at radius 3 is 2.52 bits per heavy atom. The van der Waals surface area contributed by atoms with Gasteiger partial charge in [0.05, 0.1) is 0 Å². The molecule has 2 atom stereocenters. The number of nitrogens with zero attached hydrogens (tertiary/aromatic N) is 3. The highest BCUT2D eigenvalue weighted by atomic mass is 32.2. The molecule has 0 radical (unpaired) electrons. The van der Waals surface area contributed by atoms with Crippen molar-refractivity contribution in [2.45, 2.75) is 54.9 Å². The summed E-state index contributed by atoms with van der Waals surface area (Å²) in [7, 11) is 0. The van der Waals surface area contributed by atoms with Gasteiger partial charge in [-0.3, -0.25) is 5.14 Å². The monoisotopic (exact) mass is 425 g/mol. The van der Waals surface area contributed by atoms with Crippen molar-refractivity contribution in [3.8, 4) is 5.88 Å². The van der Waals surface area contributed by atoms with E-state index in [0.717, 1.165) is 35.7 Å². The Bertz CT molecular complexity index is 956. The van der Waals surface area contributed by atoms with Gasteiger partial charge in [0.2, 0.25) is 11.8 Å². The number of hydrogen-bond acceptors (Lipinski definition) is 8. The Morgan fingerprint density at radius 2 is 1.79 bits per heavy atom. The van der Waals surface area contributed by atoms with Gasteiger partial charge in [-0.05, 0) is 97.2 Å². The van der Waals surface area contributed by atoms with Crippen LogP contribution in [-0.2, 0) is 0 Å². The fraction of sp³-hybridized carbons (Fsp3) is 0.381. The maximum atomic E-state index is 6.26. The van der Waals surface area contributed by atoms with Crippen LogP contribution < -0.4 is 15.2 Å². The van der Waals surface area contributed by atoms with Crippen molar-refractivity contribution >= 4 is 35.1 Å². The third-order valence-electron chi connectivity index (χ3n) is 5.63. The van der Waals surface area contributed by atoms with Crippen molar-refractivity contribution in [1.29, 1.82) is 0 Å². The van der Waals surface area contributed by atoms with Gasteiger partial charge >= 0.3 is 0 Å². The molecule has 150 valence electrons. The molecule has 2 aliphatic rings. The lowest BCUT2D eigenvalue weighted by Crippen LogP contribution is -2.13. The highest BCUT2D eigenvalue weighted by molar-refractivity contribution is 7.97. The predicted molar refractivity (Wildman–Crippen MR) is 117 cm³/mol. The van der Waals surface area contributed by atoms with Crippen molar-refractivity contribution in [2.24, 2.45) is 5.14 Å². The average molecular weight is 426 g/mol. The van der Waals surface area contributed by atoms with E-state index >= 15 is 0 Å². The highest BCUT2D eigenvalue weighted by Crippen LogP contribution is 2.46. The molecule has 2 fully saturated rings. The SMILES string of the molecule is NSc1ccc(Nc2ncc(C3CCC(Oc4nscc4C4CC4)C3)cn2)cc1. The van der Waals surface area contributed by atoms with E-state index in [1.807, 2.05) is 36.7 Å². The van der Waals surface area contributed by atoms with Gasteiger partial charge in [0.1, 0.15) is 6.10 Å². The standard InChI is InChI=1S/C21H23N5OS2/c22-29-18-7-4-16(5-8-18)25-21-23-10-15(11-24-21)14-3-6-17(9-14)27-20-19(12-28-26-20)13-1-2-13/h4-5,7-8,10-14,17H,1-3,6,9,22H2,(H,23,24,25). The summed E-state index contributed by atoms with van der Waals surface area (Å²) in [6, 6.07) is 7.88. The Labute approximate surface area is 178 Å². The molecule has 0 aliphatic heterocycles. The lowest BCUT2D eigenvalue weighted by Gasteiger charge is -2.14. The zero-order valence-corrected chi connectivity index (χ0v) is 17.6. The van der Waals surface area contributed by atoms with Crippen LogP contribution in [-0.4, -0.2) is 20.4 Å². The quantitative estimate of drug-likeness (QED) is 0.501. The minimum atomic E-state index is 0.233. The first kappa shape index (κ1) is 18.8. The summed E-state index contributed by atoms with van der Waals surface area (Å²) in [5.74, 6) is 2.60. The third-order valence-corrected chi connectivity index (χ3v) is 6.81. The molecule has 2 heterocycles. The van der Waals surface area contributed by atoms with E-state index < -0.39 is 0 Å². The number of ether oxygens (including phenoxy) is 1. The van der Waals surface area contributed by atoms with Crippen LogP contribution in [0.15, 0.2) is 46.9 Å². The van der Waals surface area contributed by atoms with E-state index in [0.29, 0.717) is 17.8 Å². The van der Waals surface area contributed by atoms with Gasteiger partial charge in [-0.15, -0.1) is 0 Å². The summed E-state index contributed by atoms with van der Waals surface area (Å²) < 4.78 is 10.7. The molecule has 1 aromatic carbocycles. The second-order valence-corrected chi connectivity index (χ2v) is 9.04. The minimum Gasteiger partial charge on any atom is -0.474 e. The van der Waals surface area contributed by atoms with Gasteiger partial charge in [0.25, 0.3) is 0 Å². The Kier molecular flexibility index (Phi) is 5.39. The van der Waals surface area contributed by atoms with E-state index in [1.54, 1.807) is 0 Å². The van der Waals surface area contributed by atoms with Crippen molar-refractivity contribution in [3.05, 3.63) is 53.2 Å². The molecule has 2 aromatic heterocycles. The number of hydrogen-bond donors (Lipinski definition) is 2. The lowest BCUT2D eigenvalue weighted by atomic mass is 10.0. The molecule has 5 rings (SSSR count). The maximum Gasteiger partial charge on any atom is 0.228 e. The van der Waals surface area contributed by atoms with Crippen LogP contribution in [0.5, 0.6) is 5.88 Å². The van der Waals surface area contributed by atoms with Gasteiger partial charge in [-0.25, -0.2) is 9.97 Å². The fourth-order valence-corrected chi connectivity index (χ4v) is 4.85. The first-order chi connectivity index (χ1) is 14.3. The van der Waals surface area contributed by atoms with Crippen LogP contribution in [0, 0.1) is 0 Å². The number of anilines is 2. The van der Waals surface area contributed by atoms with Crippen molar-refractivity contribution in [3.63, 3.8) is 0 Å². The summed E-state index contributed by atoms with van der Waals surface area (Å²) >= 11 is 2.74. The van der Waals surface area contributed by atoms with E-state index in [-0.39, 0.29) is 6.10 Å². The molecule has 29 heavy (non-hydrogen) atoms. The second-order valence-electron chi connectivity index (χ2n) is 7.71. The molecule has 6 nitrogen and oxygen atoms in total. The van der Waals surface area contributed by atoms with Gasteiger partial charge in [0, 0.05) is 33.9 Å². The molecule has 3 aromatic rings. The molecule has 8 heteroatoms. The van der Waals surface area contributed by atoms with Crippen LogP contribution in [0.4, 0.5) is 11.6 Å². The second kappa shape index (κ2) is 8.30. The topological polar surface area (TPSA) is 86.0 Å². The average Bonchev–Trinajstić information content (AvgIpc) is 3.32. The number of aromatic nitrogens is 3. The minimum absolute atomic E-state index is 0.233. The first-order valence-electron chi connectivity index (χ1n) is 9.95. The van der Waals surface area contributed by atoms with Crippen molar-refractivity contribution in [2.75, 3.05) is 5.32 Å². The van der Waals surface area contributed by atoms with Crippen molar-refractivity contribution < 1.29 is 4.74 Å². The zero-order valence-electron chi connectivity index (χ0n) is 16.0. The van der Waals surface area contributed by atoms with Crippen LogP contribution in [0.2, 0.25) is 0 Å². The molecule has 0 bridgehead atoms. The van der Waals surface area contributed by atoms with Crippen LogP contribution >= 0.6 is 23.5 Å². The van der Waals surface area contributed by atoms with E-state index in [2.05, 4.69) is 25.0 Å². The number of nitrogens with one attached hydrogen (secondary N) is 1. The van der Waals surface area contributed by atoms with Gasteiger partial charge in [-0.2, -0.15) is 4.37 Å². The summed E-state index contributed by atoms with van der Waals surface area (Å²) in [5, 5.41) is 10.9. The number of benzene rings is 1. The van der Waals surface area contributed by atoms with E-state index in [9.17, 15) is 0 Å². The molecular weight excluding hydrogens is 402 g/mol. The summed E-state index contributed by atoms with van der Waals surface area (Å²) in [6.45, 7) is 0. The summed E-state index contributed by atoms with van der Waals surface area (Å²) in [4.78, 5) is 10.0. The zero-order chi connectivity index (χ0) is 19.6. The molecule has 2 saturated carbocycles. The molecule has 2 unspecified atom stereocenters. The smallest absolute Gasteiger partial charge is 0.228 e. The third kappa shape index (κ3) is 4.39. The lowest BCUT2D eigenvalue weighted by molar-refractivity contribution is 0.199. The van der Waals surface area contributed by atoms with Gasteiger partial charge in [0.15, 0.2) is 0 Å². The number of rotatable bonds is 7. The fourth-order valence-electron chi connectivity index (χ4n) is 3.86. The molecule has 0 saturated heterocycles. The predicted octanol–water partition coefficient (Wildman–Crippen LogP) is 5.24. The van der Waals surface area contributed by atoms with Crippen LogP contribution in [0.1, 0.15) is 55.1 Å². The summed E-state index contributed by atoms with van der Waals surface area (Å²) in [6.07, 6.45) is 9.80. The molecule has 0 amide bonds. The van der Waals surface area contributed by atoms with Gasteiger partial charge < -0.3 is 10.1 Å². The van der Waals surface area contributed by atoms with E-state index in [1.165, 1.54) is 47.4 Å². The number of nitrogens with two attached hydrogens (primary N) is 1. The molecule has 3 N–H and O–H groups in total. The molecule has 2 aliphatic carbocycles. The molecule has 0 spiro atoms. The normalized spacial score (nSPS) is 21.3. The largest absolute Gasteiger partial charge is 0.474 e.